The van der Waals surface area contributed by atoms with Crippen LogP contribution in [0.4, 0.5) is 4.39 Å². The molecule has 0 saturated heterocycles. The number of hydrogen-bond donors (Lipinski definition) is 1. The summed E-state index contributed by atoms with van der Waals surface area (Å²) in [7, 11) is 0. The fraction of sp³-hybridized carbons (Fsp3) is 0.0556. The van der Waals surface area contributed by atoms with E-state index in [1.807, 2.05) is 27.5 Å². The van der Waals surface area contributed by atoms with Crippen LogP contribution in [0.25, 0.3) is 21.8 Å². The fourth-order valence-electron chi connectivity index (χ4n) is 3.00. The SMILES string of the molecule is NC(=O)c1cccc2c1c1[c]ccc(F)c1n2Cc1ccsc1. The first-order valence-corrected chi connectivity index (χ1v) is 8.03. The number of hydrogen-bond acceptors (Lipinski definition) is 2. The molecule has 0 unspecified atom stereocenters. The van der Waals surface area contributed by atoms with E-state index in [9.17, 15) is 9.18 Å². The van der Waals surface area contributed by atoms with Crippen LogP contribution in [0, 0.1) is 11.9 Å². The van der Waals surface area contributed by atoms with E-state index in [-0.39, 0.29) is 5.82 Å². The molecule has 4 aromatic rings. The zero-order chi connectivity index (χ0) is 16.0. The Morgan fingerprint density at radius 3 is 2.91 bits per heavy atom. The Morgan fingerprint density at radius 2 is 2.17 bits per heavy atom. The first kappa shape index (κ1) is 14.0. The molecule has 2 heterocycles. The maximum Gasteiger partial charge on any atom is 0.249 e. The van der Waals surface area contributed by atoms with Crippen molar-refractivity contribution in [2.45, 2.75) is 6.54 Å². The van der Waals surface area contributed by atoms with Crippen molar-refractivity contribution >= 4 is 39.0 Å². The quantitative estimate of drug-likeness (QED) is 0.610. The molecule has 1 amide bonds. The predicted octanol–water partition coefficient (Wildman–Crippen LogP) is 3.94. The van der Waals surface area contributed by atoms with Crippen LogP contribution in [-0.4, -0.2) is 10.5 Å². The van der Waals surface area contributed by atoms with Gasteiger partial charge in [0.05, 0.1) is 11.0 Å². The highest BCUT2D eigenvalue weighted by molar-refractivity contribution is 7.07. The molecular weight excluding hydrogens is 311 g/mol. The van der Waals surface area contributed by atoms with Crippen molar-refractivity contribution in [3.63, 3.8) is 0 Å². The summed E-state index contributed by atoms with van der Waals surface area (Å²) in [5, 5.41) is 5.26. The van der Waals surface area contributed by atoms with Crippen molar-refractivity contribution in [2.75, 3.05) is 0 Å². The first-order valence-electron chi connectivity index (χ1n) is 7.09. The number of carbonyl (C=O) groups excluding carboxylic acids is 1. The van der Waals surface area contributed by atoms with Crippen molar-refractivity contribution in [3.8, 4) is 0 Å². The average Bonchev–Trinajstić information content (AvgIpc) is 3.15. The maximum atomic E-state index is 14.5. The van der Waals surface area contributed by atoms with E-state index in [4.69, 9.17) is 5.73 Å². The van der Waals surface area contributed by atoms with Gasteiger partial charge in [-0.15, -0.1) is 0 Å². The Kier molecular flexibility index (Phi) is 3.16. The molecule has 0 aliphatic rings. The smallest absolute Gasteiger partial charge is 0.249 e. The molecule has 2 N–H and O–H groups in total. The minimum atomic E-state index is -0.525. The van der Waals surface area contributed by atoms with E-state index in [1.54, 1.807) is 23.5 Å². The third-order valence-electron chi connectivity index (χ3n) is 3.96. The number of benzene rings is 2. The Balaban J connectivity index is 2.14. The first-order chi connectivity index (χ1) is 11.2. The van der Waals surface area contributed by atoms with Gasteiger partial charge in [0.2, 0.25) is 5.91 Å². The molecule has 1 radical (unpaired) electrons. The van der Waals surface area contributed by atoms with Gasteiger partial charge in [-0.3, -0.25) is 4.79 Å². The van der Waals surface area contributed by atoms with E-state index in [2.05, 4.69) is 6.07 Å². The summed E-state index contributed by atoms with van der Waals surface area (Å²) >= 11 is 1.60. The molecule has 0 bridgehead atoms. The van der Waals surface area contributed by atoms with Crippen LogP contribution in [0.5, 0.6) is 0 Å². The highest BCUT2D eigenvalue weighted by Gasteiger charge is 2.18. The Morgan fingerprint density at radius 1 is 1.30 bits per heavy atom. The van der Waals surface area contributed by atoms with Crippen molar-refractivity contribution in [3.05, 3.63) is 70.2 Å². The Labute approximate surface area is 135 Å². The molecule has 2 aromatic heterocycles. The van der Waals surface area contributed by atoms with Crippen LogP contribution in [0.15, 0.2) is 47.2 Å². The van der Waals surface area contributed by atoms with Gasteiger partial charge in [0.25, 0.3) is 0 Å². The third kappa shape index (κ3) is 2.12. The van der Waals surface area contributed by atoms with Gasteiger partial charge in [0.1, 0.15) is 5.82 Å². The van der Waals surface area contributed by atoms with E-state index >= 15 is 0 Å². The van der Waals surface area contributed by atoms with Crippen molar-refractivity contribution < 1.29 is 9.18 Å². The number of halogens is 1. The predicted molar refractivity (Wildman–Crippen MR) is 90.2 cm³/mol. The van der Waals surface area contributed by atoms with E-state index in [0.29, 0.717) is 28.4 Å². The highest BCUT2D eigenvalue weighted by Crippen LogP contribution is 2.33. The molecule has 0 atom stereocenters. The Bertz CT molecular complexity index is 1030. The third-order valence-corrected chi connectivity index (χ3v) is 4.69. The van der Waals surface area contributed by atoms with Gasteiger partial charge in [-0.2, -0.15) is 11.3 Å². The lowest BCUT2D eigenvalue weighted by atomic mass is 10.1. The largest absolute Gasteiger partial charge is 0.366 e. The number of carbonyl (C=O) groups is 1. The minimum absolute atomic E-state index is 0.333. The summed E-state index contributed by atoms with van der Waals surface area (Å²) < 4.78 is 16.4. The molecule has 2 aromatic carbocycles. The number of nitrogens with zero attached hydrogens (tertiary/aromatic N) is 1. The van der Waals surface area contributed by atoms with Gasteiger partial charge in [0, 0.05) is 22.9 Å². The van der Waals surface area contributed by atoms with Gasteiger partial charge in [-0.05, 0) is 46.7 Å². The molecule has 0 fully saturated rings. The van der Waals surface area contributed by atoms with Gasteiger partial charge in [-0.25, -0.2) is 4.39 Å². The van der Waals surface area contributed by atoms with Crippen LogP contribution in [0.2, 0.25) is 0 Å². The number of amides is 1. The number of nitrogens with two attached hydrogens (primary N) is 1. The molecule has 5 heteroatoms. The highest BCUT2D eigenvalue weighted by atomic mass is 32.1. The van der Waals surface area contributed by atoms with Crippen molar-refractivity contribution in [2.24, 2.45) is 5.73 Å². The average molecular weight is 323 g/mol. The zero-order valence-corrected chi connectivity index (χ0v) is 12.9. The van der Waals surface area contributed by atoms with Crippen LogP contribution in [-0.2, 0) is 6.54 Å². The summed E-state index contributed by atoms with van der Waals surface area (Å²) in [6.45, 7) is 0.528. The topological polar surface area (TPSA) is 48.0 Å². The van der Waals surface area contributed by atoms with Crippen LogP contribution in [0.3, 0.4) is 0 Å². The monoisotopic (exact) mass is 323 g/mol. The minimum Gasteiger partial charge on any atom is -0.366 e. The normalized spacial score (nSPS) is 11.3. The summed E-state index contributed by atoms with van der Waals surface area (Å²) in [5.41, 5.74) is 8.20. The fourth-order valence-corrected chi connectivity index (χ4v) is 3.66. The molecule has 0 aliphatic carbocycles. The lowest BCUT2D eigenvalue weighted by Crippen LogP contribution is -2.11. The molecule has 3 nitrogen and oxygen atoms in total. The van der Waals surface area contributed by atoms with Crippen molar-refractivity contribution in [1.29, 1.82) is 0 Å². The molecule has 0 saturated carbocycles. The molecule has 113 valence electrons. The second-order valence-electron chi connectivity index (χ2n) is 5.33. The summed E-state index contributed by atoms with van der Waals surface area (Å²) in [5.74, 6) is -0.858. The number of rotatable bonds is 3. The number of fused-ring (bicyclic) bond motifs is 3. The summed E-state index contributed by atoms with van der Waals surface area (Å²) in [6, 6.07) is 13.3. The molecular formula is C18H12FN2OS. The second-order valence-corrected chi connectivity index (χ2v) is 6.11. The van der Waals surface area contributed by atoms with Crippen LogP contribution >= 0.6 is 11.3 Å². The summed E-state index contributed by atoms with van der Waals surface area (Å²) in [4.78, 5) is 11.8. The number of thiophene rings is 1. The number of primary amides is 1. The van der Waals surface area contributed by atoms with Gasteiger partial charge in [-0.1, -0.05) is 12.1 Å². The lowest BCUT2D eigenvalue weighted by molar-refractivity contribution is 0.100. The van der Waals surface area contributed by atoms with Crippen LogP contribution < -0.4 is 5.73 Å². The van der Waals surface area contributed by atoms with E-state index < -0.39 is 5.91 Å². The van der Waals surface area contributed by atoms with Gasteiger partial charge in [0.15, 0.2) is 0 Å². The Hall–Kier alpha value is -2.66. The second kappa shape index (κ2) is 5.21. The van der Waals surface area contributed by atoms with Gasteiger partial charge >= 0.3 is 0 Å². The van der Waals surface area contributed by atoms with E-state index in [0.717, 1.165) is 11.1 Å². The summed E-state index contributed by atoms with van der Waals surface area (Å²) in [6.07, 6.45) is 0. The van der Waals surface area contributed by atoms with Crippen LogP contribution in [0.1, 0.15) is 15.9 Å². The molecule has 0 spiro atoms. The lowest BCUT2D eigenvalue weighted by Gasteiger charge is -2.07. The van der Waals surface area contributed by atoms with Gasteiger partial charge < -0.3 is 10.3 Å². The molecule has 4 rings (SSSR count). The van der Waals surface area contributed by atoms with Crippen molar-refractivity contribution in [1.82, 2.24) is 4.57 Å². The maximum absolute atomic E-state index is 14.5. The molecule has 23 heavy (non-hydrogen) atoms. The molecule has 0 aliphatic heterocycles. The van der Waals surface area contributed by atoms with E-state index in [1.165, 1.54) is 12.1 Å². The number of aromatic nitrogens is 1. The zero-order valence-electron chi connectivity index (χ0n) is 12.0. The standard InChI is InChI=1S/C18H12FN2OS/c19-14-5-1-3-12-16-13(18(20)22)4-2-6-15(16)21(17(12)14)9-11-7-8-23-10-11/h1-2,4-8,10H,9H2,(H2,20,22).